The van der Waals surface area contributed by atoms with Crippen molar-refractivity contribution in [2.75, 3.05) is 17.6 Å². The standard InChI is InChI=1S/C31H45N3O4S/c1-7-8-9-10-14-20-34(29(36)25(21-39)32-30(37)38-31(4,5)6)27(24-18-12-11-13-19-24)28(35)33-26-22(2)16-15-17-23(26)3/h11-13,15-19,25,27,39H,7-10,14,20-21H2,1-6H3,(H,32,37)(H,33,35). The fourth-order valence-corrected chi connectivity index (χ4v) is 4.65. The Hall–Kier alpha value is -3.00. The van der Waals surface area contributed by atoms with Gasteiger partial charge in [-0.15, -0.1) is 0 Å². The maximum atomic E-state index is 14.0. The highest BCUT2D eigenvalue weighted by Gasteiger charge is 2.36. The zero-order chi connectivity index (χ0) is 29.0. The second kappa shape index (κ2) is 15.6. The van der Waals surface area contributed by atoms with Crippen LogP contribution in [-0.2, 0) is 14.3 Å². The second-order valence-corrected chi connectivity index (χ2v) is 11.3. The van der Waals surface area contributed by atoms with Gasteiger partial charge in [0.1, 0.15) is 17.7 Å². The number of hydrogen-bond donors (Lipinski definition) is 3. The number of aryl methyl sites for hydroxylation is 2. The van der Waals surface area contributed by atoms with Crippen LogP contribution in [0.15, 0.2) is 48.5 Å². The highest BCUT2D eigenvalue weighted by atomic mass is 32.1. The zero-order valence-corrected chi connectivity index (χ0v) is 25.1. The number of rotatable bonds is 13. The first-order chi connectivity index (χ1) is 18.5. The molecule has 0 saturated heterocycles. The molecule has 8 heteroatoms. The van der Waals surface area contributed by atoms with Crippen molar-refractivity contribution in [3.05, 3.63) is 65.2 Å². The third-order valence-electron chi connectivity index (χ3n) is 6.36. The van der Waals surface area contributed by atoms with Gasteiger partial charge in [-0.1, -0.05) is 81.1 Å². The number of thiol groups is 1. The molecular weight excluding hydrogens is 510 g/mol. The number of carbonyl (C=O) groups excluding carboxylic acids is 3. The van der Waals surface area contributed by atoms with E-state index in [2.05, 4.69) is 30.2 Å². The number of benzene rings is 2. The van der Waals surface area contributed by atoms with Crippen LogP contribution in [0.25, 0.3) is 0 Å². The van der Waals surface area contributed by atoms with Crippen molar-refractivity contribution in [2.24, 2.45) is 0 Å². The lowest BCUT2D eigenvalue weighted by Crippen LogP contribution is -2.53. The van der Waals surface area contributed by atoms with Crippen LogP contribution in [0.5, 0.6) is 0 Å². The molecule has 0 aliphatic heterocycles. The Labute approximate surface area is 239 Å². The van der Waals surface area contributed by atoms with Gasteiger partial charge >= 0.3 is 6.09 Å². The average molecular weight is 556 g/mol. The Bertz CT molecular complexity index is 1060. The SMILES string of the molecule is CCCCCCCN(C(=O)C(CS)NC(=O)OC(C)(C)C)C(C(=O)Nc1c(C)cccc1C)c1ccccc1. The van der Waals surface area contributed by atoms with Crippen molar-refractivity contribution < 1.29 is 19.1 Å². The Morgan fingerprint density at radius 1 is 0.923 bits per heavy atom. The van der Waals surface area contributed by atoms with Crippen molar-refractivity contribution in [1.82, 2.24) is 10.2 Å². The number of nitrogens with one attached hydrogen (secondary N) is 2. The Morgan fingerprint density at radius 3 is 2.10 bits per heavy atom. The summed E-state index contributed by atoms with van der Waals surface area (Å²) in [5.41, 5.74) is 2.58. The summed E-state index contributed by atoms with van der Waals surface area (Å²) in [6.45, 7) is 11.7. The predicted molar refractivity (Wildman–Crippen MR) is 161 cm³/mol. The van der Waals surface area contributed by atoms with Crippen LogP contribution in [0.4, 0.5) is 10.5 Å². The fraction of sp³-hybridized carbons (Fsp3) is 0.516. The highest BCUT2D eigenvalue weighted by Crippen LogP contribution is 2.27. The summed E-state index contributed by atoms with van der Waals surface area (Å²) in [6.07, 6.45) is 4.24. The monoisotopic (exact) mass is 555 g/mol. The van der Waals surface area contributed by atoms with Crippen molar-refractivity contribution in [3.8, 4) is 0 Å². The van der Waals surface area contributed by atoms with E-state index in [0.29, 0.717) is 12.1 Å². The number of unbranched alkanes of at least 4 members (excludes halogenated alkanes) is 4. The van der Waals surface area contributed by atoms with Gasteiger partial charge in [0.25, 0.3) is 5.91 Å². The molecule has 0 aromatic heterocycles. The topological polar surface area (TPSA) is 87.7 Å². The summed E-state index contributed by atoms with van der Waals surface area (Å²) in [5.74, 6) is -0.627. The fourth-order valence-electron chi connectivity index (χ4n) is 4.40. The number of nitrogens with zero attached hydrogens (tertiary/aromatic N) is 1. The molecule has 0 spiro atoms. The predicted octanol–water partition coefficient (Wildman–Crippen LogP) is 6.61. The van der Waals surface area contributed by atoms with E-state index in [0.717, 1.165) is 48.9 Å². The third-order valence-corrected chi connectivity index (χ3v) is 6.73. The molecule has 2 atom stereocenters. The summed E-state index contributed by atoms with van der Waals surface area (Å²) in [6, 6.07) is 13.3. The van der Waals surface area contributed by atoms with Crippen LogP contribution in [-0.4, -0.2) is 46.7 Å². The van der Waals surface area contributed by atoms with E-state index in [1.54, 1.807) is 25.7 Å². The molecule has 214 valence electrons. The van der Waals surface area contributed by atoms with E-state index >= 15 is 0 Å². The molecule has 0 aliphatic rings. The van der Waals surface area contributed by atoms with Crippen LogP contribution in [0.1, 0.15) is 82.5 Å². The number of amides is 3. The number of anilines is 1. The van der Waals surface area contributed by atoms with Gasteiger partial charge in [-0.3, -0.25) is 9.59 Å². The summed E-state index contributed by atoms with van der Waals surface area (Å²) in [5, 5.41) is 5.75. The first-order valence-electron chi connectivity index (χ1n) is 13.8. The zero-order valence-electron chi connectivity index (χ0n) is 24.3. The smallest absolute Gasteiger partial charge is 0.408 e. The Kier molecular flexibility index (Phi) is 12.8. The Morgan fingerprint density at radius 2 is 1.54 bits per heavy atom. The summed E-state index contributed by atoms with van der Waals surface area (Å²) < 4.78 is 5.39. The minimum absolute atomic E-state index is 0.0600. The van der Waals surface area contributed by atoms with Gasteiger partial charge in [-0.2, -0.15) is 12.6 Å². The van der Waals surface area contributed by atoms with Gasteiger partial charge in [-0.05, 0) is 57.7 Å². The van der Waals surface area contributed by atoms with Gasteiger partial charge < -0.3 is 20.3 Å². The van der Waals surface area contributed by atoms with Crippen molar-refractivity contribution in [3.63, 3.8) is 0 Å². The van der Waals surface area contributed by atoms with Crippen LogP contribution in [0, 0.1) is 13.8 Å². The molecule has 0 aliphatic carbocycles. The first-order valence-corrected chi connectivity index (χ1v) is 14.4. The van der Waals surface area contributed by atoms with E-state index in [9.17, 15) is 14.4 Å². The molecule has 0 heterocycles. The molecule has 3 amide bonds. The summed E-state index contributed by atoms with van der Waals surface area (Å²) in [7, 11) is 0. The maximum absolute atomic E-state index is 14.0. The number of carbonyl (C=O) groups is 3. The molecule has 2 aromatic rings. The van der Waals surface area contributed by atoms with Gasteiger partial charge in [0.15, 0.2) is 0 Å². The number of ether oxygens (including phenoxy) is 1. The first kappa shape index (κ1) is 32.2. The summed E-state index contributed by atoms with van der Waals surface area (Å²) >= 11 is 4.37. The minimum atomic E-state index is -0.960. The molecule has 0 saturated carbocycles. The van der Waals surface area contributed by atoms with Crippen LogP contribution in [0.2, 0.25) is 0 Å². The largest absolute Gasteiger partial charge is 0.444 e. The number of para-hydroxylation sites is 1. The lowest BCUT2D eigenvalue weighted by Gasteiger charge is -2.34. The van der Waals surface area contributed by atoms with Crippen LogP contribution in [0.3, 0.4) is 0 Å². The van der Waals surface area contributed by atoms with Gasteiger partial charge in [0, 0.05) is 18.0 Å². The van der Waals surface area contributed by atoms with E-state index in [1.165, 1.54) is 0 Å². The molecular formula is C31H45N3O4S. The van der Waals surface area contributed by atoms with Crippen molar-refractivity contribution in [2.45, 2.75) is 91.3 Å². The van der Waals surface area contributed by atoms with E-state index in [4.69, 9.17) is 4.74 Å². The minimum Gasteiger partial charge on any atom is -0.444 e. The molecule has 2 unspecified atom stereocenters. The van der Waals surface area contributed by atoms with E-state index in [-0.39, 0.29) is 17.6 Å². The lowest BCUT2D eigenvalue weighted by molar-refractivity contribution is -0.140. The molecule has 2 rings (SSSR count). The van der Waals surface area contributed by atoms with Gasteiger partial charge in [0.05, 0.1) is 0 Å². The molecule has 39 heavy (non-hydrogen) atoms. The van der Waals surface area contributed by atoms with Crippen LogP contribution >= 0.6 is 12.6 Å². The number of hydrogen-bond acceptors (Lipinski definition) is 5. The molecule has 0 fully saturated rings. The molecule has 2 aromatic carbocycles. The average Bonchev–Trinajstić information content (AvgIpc) is 2.87. The molecule has 2 N–H and O–H groups in total. The van der Waals surface area contributed by atoms with Gasteiger partial charge in [-0.25, -0.2) is 4.79 Å². The van der Waals surface area contributed by atoms with Gasteiger partial charge in [0.2, 0.25) is 5.91 Å². The Balaban J connectivity index is 2.45. The van der Waals surface area contributed by atoms with Crippen molar-refractivity contribution >= 4 is 36.2 Å². The maximum Gasteiger partial charge on any atom is 0.408 e. The third kappa shape index (κ3) is 10.2. The summed E-state index contributed by atoms with van der Waals surface area (Å²) in [4.78, 5) is 42.2. The molecule has 7 nitrogen and oxygen atoms in total. The second-order valence-electron chi connectivity index (χ2n) is 10.9. The molecule has 0 bridgehead atoms. The normalized spacial score (nSPS) is 12.8. The number of alkyl carbamates (subject to hydrolysis) is 1. The highest BCUT2D eigenvalue weighted by molar-refractivity contribution is 7.80. The quantitative estimate of drug-likeness (QED) is 0.192. The van der Waals surface area contributed by atoms with E-state index < -0.39 is 23.8 Å². The van der Waals surface area contributed by atoms with Crippen molar-refractivity contribution in [1.29, 1.82) is 0 Å². The van der Waals surface area contributed by atoms with Crippen LogP contribution < -0.4 is 10.6 Å². The lowest BCUT2D eigenvalue weighted by atomic mass is 10.0. The van der Waals surface area contributed by atoms with E-state index in [1.807, 2.05) is 62.4 Å². The molecule has 0 radical (unpaired) electrons.